The molecule has 0 aliphatic carbocycles. The summed E-state index contributed by atoms with van der Waals surface area (Å²) in [7, 11) is 3.15. The van der Waals surface area contributed by atoms with Crippen molar-refractivity contribution in [3.63, 3.8) is 0 Å². The van der Waals surface area contributed by atoms with E-state index in [1.165, 1.54) is 11.6 Å². The normalized spacial score (nSPS) is 18.9. The number of amides is 5. The van der Waals surface area contributed by atoms with E-state index in [1.807, 2.05) is 24.3 Å². The Kier molecular flexibility index (Phi) is 11.7. The number of rotatable bonds is 12. The van der Waals surface area contributed by atoms with E-state index < -0.39 is 29.7 Å². The van der Waals surface area contributed by atoms with Crippen LogP contribution < -0.4 is 36.0 Å². The van der Waals surface area contributed by atoms with Crippen molar-refractivity contribution < 1.29 is 28.7 Å². The van der Waals surface area contributed by atoms with Gasteiger partial charge in [-0.05, 0) is 68.4 Å². The molecule has 6 heterocycles. The lowest BCUT2D eigenvalue weighted by atomic mass is 10.0. The van der Waals surface area contributed by atoms with Crippen molar-refractivity contribution in [2.24, 2.45) is 7.05 Å². The largest absolute Gasteiger partial charge is 0.478 e. The van der Waals surface area contributed by atoms with Gasteiger partial charge < -0.3 is 29.7 Å². The van der Waals surface area contributed by atoms with Crippen LogP contribution in [-0.2, 0) is 21.4 Å². The van der Waals surface area contributed by atoms with Crippen LogP contribution in [0.3, 0.4) is 0 Å². The zero-order chi connectivity index (χ0) is 42.1. The number of carbonyl (C=O) groups excluding carboxylic acids is 5. The molecular formula is C41H46ClN11O7. The number of halogens is 1. The summed E-state index contributed by atoms with van der Waals surface area (Å²) in [4.78, 5) is 94.5. The lowest BCUT2D eigenvalue weighted by molar-refractivity contribution is -0.136. The molecule has 18 nitrogen and oxygen atoms in total. The fraction of sp³-hybridized carbons (Fsp3) is 0.415. The number of carbonyl (C=O) groups is 5. The second-order valence-electron chi connectivity index (χ2n) is 15.3. The summed E-state index contributed by atoms with van der Waals surface area (Å²) in [6, 6.07) is 11.4. The van der Waals surface area contributed by atoms with Gasteiger partial charge in [0.25, 0.3) is 23.3 Å². The molecule has 3 saturated heterocycles. The SMILES string of the molecule is CNC(=O)COc1cc2cc(Nc3nc(N4CCN(CCCN5CCN(c6ccc7c(c6)C(=O)N(C6CCC(=O)NC6=O)C7=O)CC5)CC4)ncc3Cl)ccc2n(C)c1=O. The molecule has 5 amide bonds. The Labute approximate surface area is 350 Å². The zero-order valence-corrected chi connectivity index (χ0v) is 34.2. The molecule has 314 valence electrons. The third-order valence-electron chi connectivity index (χ3n) is 11.6. The first-order valence-corrected chi connectivity index (χ1v) is 20.4. The molecule has 1 atom stereocenters. The number of imide groups is 2. The van der Waals surface area contributed by atoms with Gasteiger partial charge in [-0.15, -0.1) is 0 Å². The van der Waals surface area contributed by atoms with Gasteiger partial charge in [0.05, 0.1) is 22.8 Å². The molecule has 4 aliphatic heterocycles. The van der Waals surface area contributed by atoms with Crippen molar-refractivity contribution in [3.8, 4) is 5.75 Å². The van der Waals surface area contributed by atoms with Gasteiger partial charge in [0, 0.05) is 89.6 Å². The monoisotopic (exact) mass is 839 g/mol. The van der Waals surface area contributed by atoms with Crippen LogP contribution in [0.15, 0.2) is 53.5 Å². The Morgan fingerprint density at radius 1 is 0.883 bits per heavy atom. The molecule has 0 radical (unpaired) electrons. The molecule has 0 spiro atoms. The highest BCUT2D eigenvalue weighted by Crippen LogP contribution is 2.32. The number of ether oxygens (including phenoxy) is 1. The summed E-state index contributed by atoms with van der Waals surface area (Å²) in [5.74, 6) is -1.23. The van der Waals surface area contributed by atoms with E-state index in [0.29, 0.717) is 33.6 Å². The maximum Gasteiger partial charge on any atom is 0.293 e. The van der Waals surface area contributed by atoms with Crippen LogP contribution in [0.2, 0.25) is 5.02 Å². The first-order valence-electron chi connectivity index (χ1n) is 20.0. The number of fused-ring (bicyclic) bond motifs is 2. The third kappa shape index (κ3) is 8.35. The van der Waals surface area contributed by atoms with E-state index in [1.54, 1.807) is 31.4 Å². The van der Waals surface area contributed by atoms with Gasteiger partial charge in [0.1, 0.15) is 11.1 Å². The number of anilines is 4. The second kappa shape index (κ2) is 17.2. The van der Waals surface area contributed by atoms with E-state index in [-0.39, 0.29) is 42.2 Å². The number of piperidine rings is 1. The molecule has 19 heteroatoms. The standard InChI is InChI=1S/C41H46ClN11O7/c1-43-35(55)24-60-33-21-25-20-26(4-7-31(25)48(2)40(33)59)45-36-30(42)23-44-41(47-36)52-18-14-50(15-19-52)11-3-10-49-12-16-51(17-13-49)27-5-6-28-29(22-27)39(58)53(38(28)57)32-8-9-34(54)46-37(32)56/h4-7,20-23,32H,3,8-19,24H2,1-2H3,(H,43,55)(H,44,45,47)(H,46,54,56). The van der Waals surface area contributed by atoms with E-state index >= 15 is 0 Å². The summed E-state index contributed by atoms with van der Waals surface area (Å²) in [5, 5.41) is 9.11. The number of pyridine rings is 1. The van der Waals surface area contributed by atoms with Crippen molar-refractivity contribution in [2.45, 2.75) is 25.3 Å². The Hall–Kier alpha value is -6.11. The van der Waals surface area contributed by atoms with Crippen LogP contribution in [0.25, 0.3) is 10.9 Å². The Balaban J connectivity index is 0.796. The topological polar surface area (TPSA) is 195 Å². The Morgan fingerprint density at radius 3 is 2.28 bits per heavy atom. The lowest BCUT2D eigenvalue weighted by Gasteiger charge is -2.37. The van der Waals surface area contributed by atoms with Gasteiger partial charge in [-0.25, -0.2) is 4.98 Å². The molecule has 2 aromatic carbocycles. The van der Waals surface area contributed by atoms with Gasteiger partial charge >= 0.3 is 0 Å². The van der Waals surface area contributed by atoms with Crippen LogP contribution in [0.5, 0.6) is 5.75 Å². The third-order valence-corrected chi connectivity index (χ3v) is 11.9. The average Bonchev–Trinajstić information content (AvgIpc) is 3.50. The number of aromatic nitrogens is 3. The highest BCUT2D eigenvalue weighted by molar-refractivity contribution is 6.33. The van der Waals surface area contributed by atoms with Gasteiger partial charge in [0.2, 0.25) is 17.8 Å². The van der Waals surface area contributed by atoms with E-state index in [9.17, 15) is 28.8 Å². The number of hydrogen-bond donors (Lipinski definition) is 3. The molecule has 60 heavy (non-hydrogen) atoms. The summed E-state index contributed by atoms with van der Waals surface area (Å²) >= 11 is 6.54. The molecule has 1 unspecified atom stereocenters. The predicted octanol–water partition coefficient (Wildman–Crippen LogP) is 1.59. The fourth-order valence-electron chi connectivity index (χ4n) is 8.16. The predicted molar refractivity (Wildman–Crippen MR) is 224 cm³/mol. The van der Waals surface area contributed by atoms with Crippen LogP contribution >= 0.6 is 11.6 Å². The van der Waals surface area contributed by atoms with Crippen LogP contribution in [0, 0.1) is 0 Å². The minimum atomic E-state index is -0.981. The molecule has 0 saturated carbocycles. The van der Waals surface area contributed by atoms with Crippen molar-refractivity contribution in [3.05, 3.63) is 75.2 Å². The first-order chi connectivity index (χ1) is 29.0. The van der Waals surface area contributed by atoms with Crippen molar-refractivity contribution in [2.75, 3.05) is 94.2 Å². The quantitative estimate of drug-likeness (QED) is 0.174. The highest BCUT2D eigenvalue weighted by atomic mass is 35.5. The molecule has 2 aromatic heterocycles. The number of piperazine rings is 2. The molecule has 3 fully saturated rings. The number of aryl methyl sites for hydroxylation is 1. The summed E-state index contributed by atoms with van der Waals surface area (Å²) in [5.41, 5.74) is 2.51. The summed E-state index contributed by atoms with van der Waals surface area (Å²) < 4.78 is 6.98. The smallest absolute Gasteiger partial charge is 0.293 e. The number of nitrogens with one attached hydrogen (secondary N) is 3. The van der Waals surface area contributed by atoms with Crippen LogP contribution in [0.4, 0.5) is 23.1 Å². The Bertz CT molecular complexity index is 2430. The maximum atomic E-state index is 13.3. The van der Waals surface area contributed by atoms with Crippen molar-refractivity contribution in [1.29, 1.82) is 0 Å². The maximum absolute atomic E-state index is 13.3. The fourth-order valence-corrected chi connectivity index (χ4v) is 8.30. The minimum Gasteiger partial charge on any atom is -0.478 e. The molecular weight excluding hydrogens is 794 g/mol. The van der Waals surface area contributed by atoms with Crippen LogP contribution in [-0.4, -0.2) is 144 Å². The number of benzene rings is 2. The number of nitrogens with zero attached hydrogens (tertiary/aromatic N) is 8. The molecule has 8 rings (SSSR count). The minimum absolute atomic E-state index is 0.0722. The highest BCUT2D eigenvalue weighted by Gasteiger charge is 2.44. The van der Waals surface area contributed by atoms with Crippen molar-refractivity contribution in [1.82, 2.24) is 39.9 Å². The van der Waals surface area contributed by atoms with E-state index in [4.69, 9.17) is 21.3 Å². The molecule has 3 N–H and O–H groups in total. The summed E-state index contributed by atoms with van der Waals surface area (Å²) in [6.45, 7) is 8.26. The lowest BCUT2D eigenvalue weighted by Crippen LogP contribution is -2.54. The van der Waals surface area contributed by atoms with Gasteiger partial charge in [-0.2, -0.15) is 4.98 Å². The van der Waals surface area contributed by atoms with E-state index in [0.717, 1.165) is 87.8 Å². The summed E-state index contributed by atoms with van der Waals surface area (Å²) in [6.07, 6.45) is 2.83. The van der Waals surface area contributed by atoms with Gasteiger partial charge in [-0.1, -0.05) is 11.6 Å². The second-order valence-corrected chi connectivity index (χ2v) is 15.7. The number of likely N-dealkylation sites (N-methyl/N-ethyl adjacent to an activating group) is 1. The average molecular weight is 840 g/mol. The van der Waals surface area contributed by atoms with Gasteiger partial charge in [-0.3, -0.25) is 48.8 Å². The van der Waals surface area contributed by atoms with Crippen LogP contribution in [0.1, 0.15) is 40.0 Å². The molecule has 4 aliphatic rings. The molecule has 0 bridgehead atoms. The van der Waals surface area contributed by atoms with Crippen molar-refractivity contribution >= 4 is 75.2 Å². The number of hydrogen-bond acceptors (Lipinski definition) is 14. The van der Waals surface area contributed by atoms with E-state index in [2.05, 4.69) is 40.5 Å². The Morgan fingerprint density at radius 2 is 1.58 bits per heavy atom. The molecule has 4 aromatic rings. The zero-order valence-electron chi connectivity index (χ0n) is 33.4. The first kappa shape index (κ1) is 40.7. The van der Waals surface area contributed by atoms with Gasteiger partial charge in [0.15, 0.2) is 18.2 Å².